The molecule has 196 valence electrons. The lowest BCUT2D eigenvalue weighted by molar-refractivity contribution is 0.166. The quantitative estimate of drug-likeness (QED) is 0.427. The molecule has 6 rings (SSSR count). The van der Waals surface area contributed by atoms with Crippen molar-refractivity contribution >= 4 is 23.3 Å². The van der Waals surface area contributed by atoms with E-state index in [2.05, 4.69) is 86.0 Å². The van der Waals surface area contributed by atoms with Crippen LogP contribution in [-0.4, -0.2) is 57.2 Å². The lowest BCUT2D eigenvalue weighted by Gasteiger charge is -2.49. The van der Waals surface area contributed by atoms with Crippen molar-refractivity contribution in [2.75, 3.05) is 40.7 Å². The van der Waals surface area contributed by atoms with Crippen LogP contribution in [0.5, 0.6) is 0 Å². The molecule has 1 saturated heterocycles. The van der Waals surface area contributed by atoms with Gasteiger partial charge in [0.1, 0.15) is 23.7 Å². The van der Waals surface area contributed by atoms with Crippen molar-refractivity contribution in [2.45, 2.75) is 32.1 Å². The first kappa shape index (κ1) is 24.6. The largest absolute Gasteiger partial charge is 0.383 e. The number of fused-ring (bicyclic) bond motifs is 1. The minimum absolute atomic E-state index is 0.0706. The fourth-order valence-electron chi connectivity index (χ4n) is 5.74. The Morgan fingerprint density at radius 2 is 1.67 bits per heavy atom. The topological polar surface area (TPSA) is 114 Å². The zero-order valence-corrected chi connectivity index (χ0v) is 22.2. The summed E-state index contributed by atoms with van der Waals surface area (Å²) in [6.07, 6.45) is 3.15. The predicted octanol–water partition coefficient (Wildman–Crippen LogP) is 3.86. The number of pyridine rings is 2. The van der Waals surface area contributed by atoms with E-state index >= 15 is 0 Å². The maximum atomic E-state index is 9.36. The number of anilines is 4. The van der Waals surface area contributed by atoms with Gasteiger partial charge in [-0.3, -0.25) is 5.01 Å². The molecule has 0 saturated carbocycles. The van der Waals surface area contributed by atoms with Crippen LogP contribution >= 0.6 is 0 Å². The number of aromatic nitrogens is 4. The third-order valence-electron chi connectivity index (χ3n) is 7.46. The molecule has 0 amide bonds. The van der Waals surface area contributed by atoms with Gasteiger partial charge in [-0.2, -0.15) is 5.26 Å². The Labute approximate surface area is 227 Å². The second-order valence-electron chi connectivity index (χ2n) is 10.0. The molecule has 39 heavy (non-hydrogen) atoms. The van der Waals surface area contributed by atoms with Gasteiger partial charge in [0.25, 0.3) is 0 Å². The Balaban J connectivity index is 1.41. The van der Waals surface area contributed by atoms with Gasteiger partial charge in [-0.05, 0) is 44.2 Å². The number of piperazine rings is 1. The fraction of sp³-hybridized carbons (Fsp3) is 0.276. The summed E-state index contributed by atoms with van der Waals surface area (Å²) in [7, 11) is 2.07. The van der Waals surface area contributed by atoms with E-state index in [1.807, 2.05) is 30.3 Å². The molecular formula is C29H30N10. The van der Waals surface area contributed by atoms with Gasteiger partial charge < -0.3 is 15.5 Å². The van der Waals surface area contributed by atoms with Crippen LogP contribution in [0.3, 0.4) is 0 Å². The van der Waals surface area contributed by atoms with Crippen LogP contribution in [0.25, 0.3) is 11.3 Å². The number of hydrogen-bond donors (Lipinski definition) is 1. The van der Waals surface area contributed by atoms with E-state index in [1.165, 1.54) is 0 Å². The molecule has 0 radical (unpaired) electrons. The van der Waals surface area contributed by atoms with E-state index in [0.29, 0.717) is 30.5 Å². The molecule has 0 spiro atoms. The van der Waals surface area contributed by atoms with Gasteiger partial charge in [-0.25, -0.2) is 24.9 Å². The maximum Gasteiger partial charge on any atom is 0.227 e. The van der Waals surface area contributed by atoms with E-state index in [9.17, 15) is 5.26 Å². The SMILES string of the molecule is C[C@@H]1CN(N2c3nc(-c4ccccc4)ccc3N(C)C2c2cccnc2N)C[C@@H](C)N1c1nccc(C#N)n1. The van der Waals surface area contributed by atoms with Crippen LogP contribution in [-0.2, 0) is 0 Å². The molecule has 5 heterocycles. The van der Waals surface area contributed by atoms with Crippen LogP contribution in [0.1, 0.15) is 31.3 Å². The molecule has 1 fully saturated rings. The Bertz CT molecular complexity index is 1520. The van der Waals surface area contributed by atoms with Crippen molar-refractivity contribution in [2.24, 2.45) is 0 Å². The summed E-state index contributed by atoms with van der Waals surface area (Å²) in [4.78, 5) is 23.0. The van der Waals surface area contributed by atoms with Gasteiger partial charge >= 0.3 is 0 Å². The highest BCUT2D eigenvalue weighted by Gasteiger charge is 2.44. The zero-order valence-electron chi connectivity index (χ0n) is 22.2. The average molecular weight is 519 g/mol. The average Bonchev–Trinajstić information content (AvgIpc) is 3.24. The highest BCUT2D eigenvalue weighted by molar-refractivity contribution is 5.78. The van der Waals surface area contributed by atoms with Crippen molar-refractivity contribution < 1.29 is 0 Å². The van der Waals surface area contributed by atoms with Gasteiger partial charge in [0.05, 0.1) is 11.4 Å². The molecule has 1 aromatic carbocycles. The number of nitrogens with zero attached hydrogens (tertiary/aromatic N) is 9. The van der Waals surface area contributed by atoms with Crippen molar-refractivity contribution in [1.82, 2.24) is 24.9 Å². The van der Waals surface area contributed by atoms with Crippen LogP contribution in [0.15, 0.2) is 73.1 Å². The van der Waals surface area contributed by atoms with Gasteiger partial charge in [-0.1, -0.05) is 30.3 Å². The molecule has 2 aliphatic heterocycles. The highest BCUT2D eigenvalue weighted by Crippen LogP contribution is 2.47. The normalized spacial score (nSPS) is 21.1. The standard InChI is InChI=1S/C29H30N10/c1-19-17-37(18-20(2)38(19)29-33-15-13-22(16-30)34-29)39-27-25(12-11-24(35-27)21-8-5-4-6-9-21)36(3)28(39)23-10-7-14-32-26(23)31/h4-15,19-20,28H,17-18H2,1-3H3,(H2,31,32)/t19-,20-,28?/m1/s1. The second-order valence-corrected chi connectivity index (χ2v) is 10.0. The Hall–Kier alpha value is -4.75. The Kier molecular flexibility index (Phi) is 6.21. The van der Waals surface area contributed by atoms with Crippen molar-refractivity contribution in [3.63, 3.8) is 0 Å². The number of rotatable bonds is 4. The van der Waals surface area contributed by atoms with Crippen molar-refractivity contribution in [3.05, 3.63) is 84.3 Å². The zero-order chi connectivity index (χ0) is 27.1. The van der Waals surface area contributed by atoms with Gasteiger partial charge in [-0.15, -0.1) is 0 Å². The first-order chi connectivity index (χ1) is 19.0. The van der Waals surface area contributed by atoms with Crippen LogP contribution in [0.4, 0.5) is 23.3 Å². The summed E-state index contributed by atoms with van der Waals surface area (Å²) >= 11 is 0. The Morgan fingerprint density at radius 1 is 0.897 bits per heavy atom. The number of hydrogen-bond acceptors (Lipinski definition) is 10. The summed E-state index contributed by atoms with van der Waals surface area (Å²) in [6, 6.07) is 22.3. The van der Waals surface area contributed by atoms with Gasteiger partial charge in [0, 0.05) is 55.7 Å². The lowest BCUT2D eigenvalue weighted by atomic mass is 10.1. The molecule has 0 aliphatic carbocycles. The number of nitrogens with two attached hydrogens (primary N) is 1. The summed E-state index contributed by atoms with van der Waals surface area (Å²) in [5.74, 6) is 1.95. The highest BCUT2D eigenvalue weighted by atomic mass is 15.7. The molecule has 10 heteroatoms. The summed E-state index contributed by atoms with van der Waals surface area (Å²) < 4.78 is 0. The Morgan fingerprint density at radius 3 is 2.38 bits per heavy atom. The van der Waals surface area contributed by atoms with Crippen LogP contribution in [0, 0.1) is 11.3 Å². The van der Waals surface area contributed by atoms with E-state index in [4.69, 9.17) is 10.7 Å². The summed E-state index contributed by atoms with van der Waals surface area (Å²) in [5.41, 5.74) is 10.7. The number of nitriles is 1. The third-order valence-corrected chi connectivity index (χ3v) is 7.46. The molecule has 1 unspecified atom stereocenters. The first-order valence-electron chi connectivity index (χ1n) is 13.0. The fourth-order valence-corrected chi connectivity index (χ4v) is 5.74. The minimum Gasteiger partial charge on any atom is -0.383 e. The maximum absolute atomic E-state index is 9.36. The van der Waals surface area contributed by atoms with Crippen molar-refractivity contribution in [3.8, 4) is 17.3 Å². The molecule has 10 nitrogen and oxygen atoms in total. The minimum atomic E-state index is -0.212. The van der Waals surface area contributed by atoms with Gasteiger partial charge in [0.2, 0.25) is 5.95 Å². The van der Waals surface area contributed by atoms with E-state index in [0.717, 1.165) is 28.3 Å². The monoisotopic (exact) mass is 518 g/mol. The van der Waals surface area contributed by atoms with E-state index in [-0.39, 0.29) is 18.2 Å². The lowest BCUT2D eigenvalue weighted by Crippen LogP contribution is -2.62. The van der Waals surface area contributed by atoms with Crippen LogP contribution in [0.2, 0.25) is 0 Å². The summed E-state index contributed by atoms with van der Waals surface area (Å²) in [6.45, 7) is 5.72. The smallest absolute Gasteiger partial charge is 0.227 e. The van der Waals surface area contributed by atoms with Crippen molar-refractivity contribution in [1.29, 1.82) is 5.26 Å². The molecular weight excluding hydrogens is 488 g/mol. The number of nitrogen functional groups attached to an aromatic ring is 1. The first-order valence-corrected chi connectivity index (χ1v) is 13.0. The molecule has 4 aromatic rings. The molecule has 3 atom stereocenters. The number of benzene rings is 1. The number of hydrazine groups is 1. The molecule has 0 bridgehead atoms. The van der Waals surface area contributed by atoms with Crippen LogP contribution < -0.4 is 20.5 Å². The summed E-state index contributed by atoms with van der Waals surface area (Å²) in [5, 5.41) is 14.0. The molecule has 3 aromatic heterocycles. The van der Waals surface area contributed by atoms with Gasteiger partial charge in [0.15, 0.2) is 5.82 Å². The van der Waals surface area contributed by atoms with E-state index in [1.54, 1.807) is 18.5 Å². The van der Waals surface area contributed by atoms with E-state index < -0.39 is 0 Å². The third kappa shape index (κ3) is 4.27. The predicted molar refractivity (Wildman–Crippen MR) is 152 cm³/mol. The molecule has 2 aliphatic rings. The second kappa shape index (κ2) is 9.85. The molecule has 2 N–H and O–H groups in total.